The van der Waals surface area contributed by atoms with Crippen molar-refractivity contribution in [1.29, 1.82) is 0 Å². The molecule has 0 aromatic heterocycles. The summed E-state index contributed by atoms with van der Waals surface area (Å²) in [6.45, 7) is 5.96. The van der Waals surface area contributed by atoms with Gasteiger partial charge in [0.15, 0.2) is 0 Å². The van der Waals surface area contributed by atoms with Crippen LogP contribution in [0.1, 0.15) is 29.7 Å². The standard InChI is InChI=1S/C19H23N3O4/c1-12-5-6-15(9-13(12)2)14(3)21-19(23)11-20-17-10-16(22(24)25)7-8-18(17)26-4/h5-10,14,20H,11H2,1-4H3,(H,21,23). The number of nitro benzene ring substituents is 1. The smallest absolute Gasteiger partial charge is 0.271 e. The molecule has 0 aliphatic carbocycles. The SMILES string of the molecule is COc1ccc([N+](=O)[O-])cc1NCC(=O)NC(C)c1ccc(C)c(C)c1. The third-order valence-corrected chi connectivity index (χ3v) is 4.24. The van der Waals surface area contributed by atoms with E-state index in [1.807, 2.05) is 32.9 Å². The molecule has 2 rings (SSSR count). The van der Waals surface area contributed by atoms with Crippen LogP contribution in [0.5, 0.6) is 5.75 Å². The number of benzene rings is 2. The van der Waals surface area contributed by atoms with Crippen molar-refractivity contribution in [1.82, 2.24) is 5.32 Å². The van der Waals surface area contributed by atoms with E-state index in [1.165, 1.54) is 36.4 Å². The second kappa shape index (κ2) is 8.33. The van der Waals surface area contributed by atoms with E-state index in [9.17, 15) is 14.9 Å². The van der Waals surface area contributed by atoms with E-state index in [0.29, 0.717) is 11.4 Å². The van der Waals surface area contributed by atoms with Crippen LogP contribution in [0, 0.1) is 24.0 Å². The monoisotopic (exact) mass is 357 g/mol. The van der Waals surface area contributed by atoms with Crippen molar-refractivity contribution in [3.8, 4) is 5.75 Å². The number of anilines is 1. The van der Waals surface area contributed by atoms with E-state index in [1.54, 1.807) is 0 Å². The van der Waals surface area contributed by atoms with E-state index in [2.05, 4.69) is 16.7 Å². The van der Waals surface area contributed by atoms with Gasteiger partial charge < -0.3 is 15.4 Å². The minimum atomic E-state index is -0.494. The summed E-state index contributed by atoms with van der Waals surface area (Å²) in [5.74, 6) is 0.217. The van der Waals surface area contributed by atoms with Crippen molar-refractivity contribution in [3.05, 3.63) is 63.2 Å². The van der Waals surface area contributed by atoms with E-state index in [-0.39, 0.29) is 24.2 Å². The maximum absolute atomic E-state index is 12.2. The average molecular weight is 357 g/mol. The Balaban J connectivity index is 2.01. The molecular weight excluding hydrogens is 334 g/mol. The van der Waals surface area contributed by atoms with Crippen LogP contribution in [0.4, 0.5) is 11.4 Å². The van der Waals surface area contributed by atoms with Crippen LogP contribution in [0.25, 0.3) is 0 Å². The number of nitro groups is 1. The summed E-state index contributed by atoms with van der Waals surface area (Å²) in [5, 5.41) is 16.7. The molecule has 2 aromatic carbocycles. The molecule has 0 bridgehead atoms. The lowest BCUT2D eigenvalue weighted by atomic mass is 10.0. The minimum Gasteiger partial charge on any atom is -0.495 e. The minimum absolute atomic E-state index is 0.0211. The molecule has 2 aromatic rings. The zero-order valence-corrected chi connectivity index (χ0v) is 15.3. The van der Waals surface area contributed by atoms with Gasteiger partial charge in [0, 0.05) is 12.1 Å². The first-order chi connectivity index (χ1) is 12.3. The Morgan fingerprint density at radius 3 is 2.54 bits per heavy atom. The van der Waals surface area contributed by atoms with E-state index < -0.39 is 4.92 Å². The van der Waals surface area contributed by atoms with Crippen LogP contribution in [-0.4, -0.2) is 24.5 Å². The van der Waals surface area contributed by atoms with Gasteiger partial charge in [-0.15, -0.1) is 0 Å². The fraction of sp³-hybridized carbons (Fsp3) is 0.316. The van der Waals surface area contributed by atoms with Gasteiger partial charge in [-0.25, -0.2) is 0 Å². The number of carbonyl (C=O) groups is 1. The Kier molecular flexibility index (Phi) is 6.16. The first-order valence-corrected chi connectivity index (χ1v) is 8.24. The summed E-state index contributed by atoms with van der Waals surface area (Å²) < 4.78 is 5.17. The zero-order valence-electron chi connectivity index (χ0n) is 15.3. The lowest BCUT2D eigenvalue weighted by molar-refractivity contribution is -0.384. The predicted octanol–water partition coefficient (Wildman–Crippen LogP) is 3.51. The fourth-order valence-electron chi connectivity index (χ4n) is 2.53. The third kappa shape index (κ3) is 4.72. The normalized spacial score (nSPS) is 11.5. The number of nitrogens with zero attached hydrogens (tertiary/aromatic N) is 1. The summed E-state index contributed by atoms with van der Waals surface area (Å²) in [4.78, 5) is 22.6. The molecule has 0 saturated carbocycles. The molecule has 1 amide bonds. The van der Waals surface area contributed by atoms with Crippen molar-refractivity contribution in [2.45, 2.75) is 26.8 Å². The first-order valence-electron chi connectivity index (χ1n) is 8.24. The van der Waals surface area contributed by atoms with Crippen LogP contribution in [0.2, 0.25) is 0 Å². The van der Waals surface area contributed by atoms with Crippen molar-refractivity contribution in [2.24, 2.45) is 0 Å². The molecule has 0 spiro atoms. The number of non-ortho nitro benzene ring substituents is 1. The number of rotatable bonds is 7. The summed E-state index contributed by atoms with van der Waals surface area (Å²) in [5.41, 5.74) is 3.72. The van der Waals surface area contributed by atoms with Gasteiger partial charge in [-0.2, -0.15) is 0 Å². The zero-order chi connectivity index (χ0) is 19.3. The maximum atomic E-state index is 12.2. The highest BCUT2D eigenvalue weighted by molar-refractivity contribution is 5.82. The Morgan fingerprint density at radius 2 is 1.92 bits per heavy atom. The van der Waals surface area contributed by atoms with E-state index in [4.69, 9.17) is 4.74 Å². The topological polar surface area (TPSA) is 93.5 Å². The highest BCUT2D eigenvalue weighted by Crippen LogP contribution is 2.28. The number of nitrogens with one attached hydrogen (secondary N) is 2. The van der Waals surface area contributed by atoms with Crippen LogP contribution in [0.15, 0.2) is 36.4 Å². The largest absolute Gasteiger partial charge is 0.495 e. The lowest BCUT2D eigenvalue weighted by Crippen LogP contribution is -2.32. The van der Waals surface area contributed by atoms with E-state index >= 15 is 0 Å². The number of carbonyl (C=O) groups excluding carboxylic acids is 1. The Bertz CT molecular complexity index is 820. The summed E-state index contributed by atoms with van der Waals surface area (Å²) in [7, 11) is 1.47. The number of amides is 1. The highest BCUT2D eigenvalue weighted by Gasteiger charge is 2.14. The van der Waals surface area contributed by atoms with Gasteiger partial charge in [0.1, 0.15) is 5.75 Å². The van der Waals surface area contributed by atoms with Crippen LogP contribution < -0.4 is 15.4 Å². The number of ether oxygens (including phenoxy) is 1. The second-order valence-corrected chi connectivity index (χ2v) is 6.13. The maximum Gasteiger partial charge on any atom is 0.271 e. The molecule has 0 saturated heterocycles. The predicted molar refractivity (Wildman–Crippen MR) is 101 cm³/mol. The average Bonchev–Trinajstić information content (AvgIpc) is 2.61. The van der Waals surface area contributed by atoms with Gasteiger partial charge in [-0.1, -0.05) is 18.2 Å². The Morgan fingerprint density at radius 1 is 1.19 bits per heavy atom. The molecule has 0 heterocycles. The summed E-state index contributed by atoms with van der Waals surface area (Å²) in [6, 6.07) is 10.1. The highest BCUT2D eigenvalue weighted by atomic mass is 16.6. The fourth-order valence-corrected chi connectivity index (χ4v) is 2.53. The van der Waals surface area contributed by atoms with Gasteiger partial charge in [-0.05, 0) is 43.5 Å². The second-order valence-electron chi connectivity index (χ2n) is 6.13. The molecule has 1 atom stereocenters. The summed E-state index contributed by atoms with van der Waals surface area (Å²) >= 11 is 0. The molecule has 0 aliphatic rings. The quantitative estimate of drug-likeness (QED) is 0.584. The number of hydrogen-bond donors (Lipinski definition) is 2. The van der Waals surface area contributed by atoms with Crippen LogP contribution >= 0.6 is 0 Å². The molecule has 0 radical (unpaired) electrons. The molecule has 0 aliphatic heterocycles. The van der Waals surface area contributed by atoms with Gasteiger partial charge in [0.05, 0.1) is 30.3 Å². The Labute approximate surface area is 152 Å². The molecule has 1 unspecified atom stereocenters. The lowest BCUT2D eigenvalue weighted by Gasteiger charge is -2.17. The molecule has 2 N–H and O–H groups in total. The number of aryl methyl sites for hydroxylation is 2. The molecule has 26 heavy (non-hydrogen) atoms. The van der Waals surface area contributed by atoms with Gasteiger partial charge in [0.25, 0.3) is 5.69 Å². The molecular formula is C19H23N3O4. The van der Waals surface area contributed by atoms with Crippen molar-refractivity contribution in [2.75, 3.05) is 19.0 Å². The van der Waals surface area contributed by atoms with Crippen molar-refractivity contribution >= 4 is 17.3 Å². The molecule has 138 valence electrons. The molecule has 7 heteroatoms. The van der Waals surface area contributed by atoms with Gasteiger partial charge in [0.2, 0.25) is 5.91 Å². The third-order valence-electron chi connectivity index (χ3n) is 4.24. The number of hydrogen-bond acceptors (Lipinski definition) is 5. The van der Waals surface area contributed by atoms with Crippen LogP contribution in [-0.2, 0) is 4.79 Å². The first kappa shape index (κ1) is 19.2. The van der Waals surface area contributed by atoms with Crippen molar-refractivity contribution in [3.63, 3.8) is 0 Å². The van der Waals surface area contributed by atoms with Gasteiger partial charge in [-0.3, -0.25) is 14.9 Å². The van der Waals surface area contributed by atoms with Crippen molar-refractivity contribution < 1.29 is 14.5 Å². The molecule has 7 nitrogen and oxygen atoms in total. The number of methoxy groups -OCH3 is 1. The van der Waals surface area contributed by atoms with Crippen LogP contribution in [0.3, 0.4) is 0 Å². The molecule has 0 fully saturated rings. The van der Waals surface area contributed by atoms with Gasteiger partial charge >= 0.3 is 0 Å². The Hall–Kier alpha value is -3.09. The van der Waals surface area contributed by atoms with E-state index in [0.717, 1.165) is 5.56 Å². The summed E-state index contributed by atoms with van der Waals surface area (Å²) in [6.07, 6.45) is 0.